The molecule has 1 aromatic carbocycles. The molecular weight excluding hydrogens is 237 g/mol. The van der Waals surface area contributed by atoms with Crippen LogP contribution in [0.2, 0.25) is 0 Å². The van der Waals surface area contributed by atoms with E-state index < -0.39 is 5.82 Å². The minimum absolute atomic E-state index is 0.133. The molecule has 1 heterocycles. The maximum Gasteiger partial charge on any atom is 0.176 e. The van der Waals surface area contributed by atoms with Gasteiger partial charge in [-0.05, 0) is 12.1 Å². The fraction of sp³-hybridized carbons (Fsp3) is 0.250. The zero-order valence-corrected chi connectivity index (χ0v) is 10.4. The molecular formula is C12H14FN3O2. The van der Waals surface area contributed by atoms with Gasteiger partial charge < -0.3 is 15.2 Å². The molecule has 0 unspecified atom stereocenters. The molecule has 96 valence electrons. The standard InChI is InChI=1S/C12H14FN3O2/c1-16-12(14)7(6-15-16)10-8(17-2)4-5-9(18-3)11(10)13/h4-6H,14H2,1-3H3. The highest BCUT2D eigenvalue weighted by atomic mass is 19.1. The van der Waals surface area contributed by atoms with E-state index in [0.29, 0.717) is 17.1 Å². The normalized spacial score (nSPS) is 10.4. The Bertz CT molecular complexity index is 581. The first kappa shape index (κ1) is 12.2. The predicted octanol–water partition coefficient (Wildman–Crippen LogP) is 1.83. The Labute approximate surface area is 104 Å². The quantitative estimate of drug-likeness (QED) is 0.903. The number of nitrogen functional groups attached to an aromatic ring is 1. The second-order valence-electron chi connectivity index (χ2n) is 3.73. The average Bonchev–Trinajstić information content (AvgIpc) is 2.70. The van der Waals surface area contributed by atoms with E-state index in [2.05, 4.69) is 5.10 Å². The molecule has 0 amide bonds. The van der Waals surface area contributed by atoms with Gasteiger partial charge in [0.05, 0.1) is 31.5 Å². The molecule has 2 N–H and O–H groups in total. The van der Waals surface area contributed by atoms with Gasteiger partial charge in [0.2, 0.25) is 0 Å². The van der Waals surface area contributed by atoms with Gasteiger partial charge in [-0.2, -0.15) is 5.10 Å². The fourth-order valence-electron chi connectivity index (χ4n) is 1.76. The number of rotatable bonds is 3. The van der Waals surface area contributed by atoms with E-state index in [1.54, 1.807) is 13.1 Å². The fourth-order valence-corrected chi connectivity index (χ4v) is 1.76. The number of ether oxygens (including phenoxy) is 2. The van der Waals surface area contributed by atoms with Crippen LogP contribution < -0.4 is 15.2 Å². The summed E-state index contributed by atoms with van der Waals surface area (Å²) in [5.41, 5.74) is 6.59. The summed E-state index contributed by atoms with van der Waals surface area (Å²) in [5, 5.41) is 3.99. The maximum absolute atomic E-state index is 14.3. The number of methoxy groups -OCH3 is 2. The molecule has 0 aliphatic heterocycles. The number of halogens is 1. The minimum Gasteiger partial charge on any atom is -0.496 e. The molecule has 6 heteroatoms. The van der Waals surface area contributed by atoms with Crippen molar-refractivity contribution >= 4 is 5.82 Å². The lowest BCUT2D eigenvalue weighted by Crippen LogP contribution is -2.00. The summed E-state index contributed by atoms with van der Waals surface area (Å²) in [4.78, 5) is 0. The number of aromatic nitrogens is 2. The van der Waals surface area contributed by atoms with Crippen LogP contribution >= 0.6 is 0 Å². The molecule has 0 aliphatic carbocycles. The topological polar surface area (TPSA) is 62.3 Å². The number of hydrogen-bond donors (Lipinski definition) is 1. The van der Waals surface area contributed by atoms with Crippen LogP contribution in [0.1, 0.15) is 0 Å². The molecule has 0 atom stereocenters. The molecule has 18 heavy (non-hydrogen) atoms. The van der Waals surface area contributed by atoms with Crippen molar-refractivity contribution in [2.24, 2.45) is 7.05 Å². The molecule has 0 saturated heterocycles. The van der Waals surface area contributed by atoms with Crippen molar-refractivity contribution in [2.45, 2.75) is 0 Å². The third kappa shape index (κ3) is 1.75. The van der Waals surface area contributed by atoms with Crippen molar-refractivity contribution in [2.75, 3.05) is 20.0 Å². The summed E-state index contributed by atoms with van der Waals surface area (Å²) in [5.74, 6) is 0.360. The van der Waals surface area contributed by atoms with Gasteiger partial charge in [0.1, 0.15) is 11.6 Å². The molecule has 0 radical (unpaired) electrons. The Morgan fingerprint density at radius 3 is 2.33 bits per heavy atom. The molecule has 1 aromatic heterocycles. The smallest absolute Gasteiger partial charge is 0.176 e. The zero-order chi connectivity index (χ0) is 13.3. The summed E-state index contributed by atoms with van der Waals surface area (Å²) < 4.78 is 25.9. The number of nitrogens with zero attached hydrogens (tertiary/aromatic N) is 2. The van der Waals surface area contributed by atoms with Crippen LogP contribution in [0.15, 0.2) is 18.3 Å². The third-order valence-electron chi connectivity index (χ3n) is 2.76. The second-order valence-corrected chi connectivity index (χ2v) is 3.73. The molecule has 5 nitrogen and oxygen atoms in total. The summed E-state index contributed by atoms with van der Waals surface area (Å²) in [6.07, 6.45) is 1.50. The first-order valence-corrected chi connectivity index (χ1v) is 5.28. The Kier molecular flexibility index (Phi) is 3.10. The van der Waals surface area contributed by atoms with E-state index in [4.69, 9.17) is 15.2 Å². The van der Waals surface area contributed by atoms with E-state index in [-0.39, 0.29) is 11.3 Å². The lowest BCUT2D eigenvalue weighted by molar-refractivity contribution is 0.379. The minimum atomic E-state index is -0.517. The van der Waals surface area contributed by atoms with E-state index in [9.17, 15) is 4.39 Å². The van der Waals surface area contributed by atoms with Crippen molar-refractivity contribution in [1.82, 2.24) is 9.78 Å². The lowest BCUT2D eigenvalue weighted by atomic mass is 10.1. The largest absolute Gasteiger partial charge is 0.496 e. The molecule has 0 bridgehead atoms. The van der Waals surface area contributed by atoms with E-state index in [0.717, 1.165) is 0 Å². The number of nitrogens with two attached hydrogens (primary N) is 1. The molecule has 2 aromatic rings. The molecule has 0 saturated carbocycles. The van der Waals surface area contributed by atoms with Crippen molar-refractivity contribution in [1.29, 1.82) is 0 Å². The highest BCUT2D eigenvalue weighted by Gasteiger charge is 2.20. The second kappa shape index (κ2) is 4.56. The molecule has 0 aliphatic rings. The van der Waals surface area contributed by atoms with Gasteiger partial charge in [-0.25, -0.2) is 4.39 Å². The van der Waals surface area contributed by atoms with Crippen LogP contribution in [-0.2, 0) is 7.05 Å². The number of hydrogen-bond acceptors (Lipinski definition) is 4. The van der Waals surface area contributed by atoms with Crippen molar-refractivity contribution in [3.63, 3.8) is 0 Å². The van der Waals surface area contributed by atoms with Crippen molar-refractivity contribution < 1.29 is 13.9 Å². The Morgan fingerprint density at radius 2 is 1.83 bits per heavy atom. The molecule has 0 fully saturated rings. The van der Waals surface area contributed by atoms with Gasteiger partial charge in [-0.1, -0.05) is 0 Å². The van der Waals surface area contributed by atoms with E-state index in [1.165, 1.54) is 31.2 Å². The SMILES string of the molecule is COc1ccc(OC)c(-c2cnn(C)c2N)c1F. The first-order chi connectivity index (χ1) is 8.60. The maximum atomic E-state index is 14.3. The van der Waals surface area contributed by atoms with Gasteiger partial charge in [0, 0.05) is 7.05 Å². The Morgan fingerprint density at radius 1 is 1.22 bits per heavy atom. The summed E-state index contributed by atoms with van der Waals surface area (Å²) in [6.45, 7) is 0. The van der Waals surface area contributed by atoms with Crippen LogP contribution in [0.5, 0.6) is 11.5 Å². The molecule has 0 spiro atoms. The number of aryl methyl sites for hydroxylation is 1. The summed E-state index contributed by atoms with van der Waals surface area (Å²) in [6, 6.07) is 3.13. The van der Waals surface area contributed by atoms with E-state index in [1.807, 2.05) is 0 Å². The van der Waals surface area contributed by atoms with Gasteiger partial charge in [-0.3, -0.25) is 4.68 Å². The number of benzene rings is 1. The predicted molar refractivity (Wildman–Crippen MR) is 66.1 cm³/mol. The van der Waals surface area contributed by atoms with Crippen LogP contribution in [0.3, 0.4) is 0 Å². The van der Waals surface area contributed by atoms with Crippen molar-refractivity contribution in [3.8, 4) is 22.6 Å². The Hall–Kier alpha value is -2.24. The number of anilines is 1. The Balaban J connectivity index is 2.72. The zero-order valence-electron chi connectivity index (χ0n) is 10.4. The average molecular weight is 251 g/mol. The summed E-state index contributed by atoms with van der Waals surface area (Å²) in [7, 11) is 4.56. The summed E-state index contributed by atoms with van der Waals surface area (Å²) >= 11 is 0. The first-order valence-electron chi connectivity index (χ1n) is 5.28. The van der Waals surface area contributed by atoms with Gasteiger partial charge >= 0.3 is 0 Å². The third-order valence-corrected chi connectivity index (χ3v) is 2.76. The molecule has 2 rings (SSSR count). The van der Waals surface area contributed by atoms with E-state index >= 15 is 0 Å². The van der Waals surface area contributed by atoms with Crippen LogP contribution in [0, 0.1) is 5.82 Å². The van der Waals surface area contributed by atoms with Gasteiger partial charge in [0.15, 0.2) is 11.6 Å². The van der Waals surface area contributed by atoms with Gasteiger partial charge in [-0.15, -0.1) is 0 Å². The van der Waals surface area contributed by atoms with Crippen molar-refractivity contribution in [3.05, 3.63) is 24.1 Å². The van der Waals surface area contributed by atoms with Crippen LogP contribution in [0.25, 0.3) is 11.1 Å². The monoisotopic (exact) mass is 251 g/mol. The highest BCUT2D eigenvalue weighted by molar-refractivity contribution is 5.80. The van der Waals surface area contributed by atoms with Crippen LogP contribution in [-0.4, -0.2) is 24.0 Å². The highest BCUT2D eigenvalue weighted by Crippen LogP contribution is 2.39. The lowest BCUT2D eigenvalue weighted by Gasteiger charge is -2.11. The van der Waals surface area contributed by atoms with Gasteiger partial charge in [0.25, 0.3) is 0 Å². The van der Waals surface area contributed by atoms with Crippen LogP contribution in [0.4, 0.5) is 10.2 Å².